The summed E-state index contributed by atoms with van der Waals surface area (Å²) in [6.45, 7) is 2.97. The molecule has 1 amide bonds. The van der Waals surface area contributed by atoms with Gasteiger partial charge in [0.15, 0.2) is 5.69 Å². The minimum Gasteiger partial charge on any atom is -0.374 e. The Kier molecular flexibility index (Phi) is 5.04. The summed E-state index contributed by atoms with van der Waals surface area (Å²) in [5, 5.41) is 4.19. The molecule has 3 rings (SSSR count). The highest BCUT2D eigenvalue weighted by Gasteiger charge is 2.31. The quantitative estimate of drug-likeness (QED) is 0.838. The zero-order valence-electron chi connectivity index (χ0n) is 14.6. The van der Waals surface area contributed by atoms with Crippen LogP contribution in [0.2, 0.25) is 0 Å². The maximum absolute atomic E-state index is 12.8. The number of ether oxygens (including phenoxy) is 1. The minimum absolute atomic E-state index is 0.189. The van der Waals surface area contributed by atoms with Crippen LogP contribution in [0.4, 0.5) is 13.2 Å². The Morgan fingerprint density at radius 1 is 1.35 bits per heavy atom. The first kappa shape index (κ1) is 18.4. The number of hydrogen-bond acceptors (Lipinski definition) is 3. The second kappa shape index (κ2) is 7.11. The maximum atomic E-state index is 12.8. The summed E-state index contributed by atoms with van der Waals surface area (Å²) in [6, 6.07) is 6.93. The van der Waals surface area contributed by atoms with Crippen LogP contribution in [0.5, 0.6) is 0 Å². The van der Waals surface area contributed by atoms with Crippen molar-refractivity contribution in [2.45, 2.75) is 25.6 Å². The molecule has 1 atom stereocenters. The standard InChI is InChI=1S/C18H20F3N3O2/c1-12-8-16(22-23(12)2)17(25)24-6-7-26-15(11-24)10-13-4-3-5-14(9-13)18(19,20)21/h3-5,8-9,15H,6-7,10-11H2,1-2H3/t15-/m1/s1. The molecule has 0 spiro atoms. The largest absolute Gasteiger partial charge is 0.416 e. The van der Waals surface area contributed by atoms with Crippen molar-refractivity contribution < 1.29 is 22.7 Å². The van der Waals surface area contributed by atoms with Gasteiger partial charge in [0.1, 0.15) is 0 Å². The second-order valence-electron chi connectivity index (χ2n) is 6.44. The molecular formula is C18H20F3N3O2. The zero-order valence-corrected chi connectivity index (χ0v) is 14.6. The fraction of sp³-hybridized carbons (Fsp3) is 0.444. The lowest BCUT2D eigenvalue weighted by Crippen LogP contribution is -2.46. The molecule has 0 saturated carbocycles. The van der Waals surface area contributed by atoms with Crippen molar-refractivity contribution in [3.63, 3.8) is 0 Å². The number of carbonyl (C=O) groups is 1. The average Bonchev–Trinajstić information content (AvgIpc) is 2.93. The van der Waals surface area contributed by atoms with E-state index in [4.69, 9.17) is 4.74 Å². The smallest absolute Gasteiger partial charge is 0.374 e. The third-order valence-corrected chi connectivity index (χ3v) is 4.48. The number of morpholine rings is 1. The van der Waals surface area contributed by atoms with E-state index in [-0.39, 0.29) is 12.0 Å². The molecule has 0 N–H and O–H groups in total. The van der Waals surface area contributed by atoms with E-state index >= 15 is 0 Å². The predicted octanol–water partition coefficient (Wildman–Crippen LogP) is 2.83. The Morgan fingerprint density at radius 3 is 2.77 bits per heavy atom. The van der Waals surface area contributed by atoms with Gasteiger partial charge in [0.2, 0.25) is 0 Å². The number of nitrogens with zero attached hydrogens (tertiary/aromatic N) is 3. The van der Waals surface area contributed by atoms with Gasteiger partial charge >= 0.3 is 6.18 Å². The van der Waals surface area contributed by atoms with Gasteiger partial charge in [-0.15, -0.1) is 0 Å². The van der Waals surface area contributed by atoms with Crippen LogP contribution in [-0.2, 0) is 24.4 Å². The average molecular weight is 367 g/mol. The second-order valence-corrected chi connectivity index (χ2v) is 6.44. The van der Waals surface area contributed by atoms with E-state index in [1.165, 1.54) is 6.07 Å². The molecule has 26 heavy (non-hydrogen) atoms. The molecule has 1 saturated heterocycles. The van der Waals surface area contributed by atoms with Crippen LogP contribution < -0.4 is 0 Å². The van der Waals surface area contributed by atoms with Crippen molar-refractivity contribution in [3.8, 4) is 0 Å². The lowest BCUT2D eigenvalue weighted by Gasteiger charge is -2.32. The van der Waals surface area contributed by atoms with Crippen LogP contribution in [0.1, 0.15) is 27.3 Å². The molecule has 1 fully saturated rings. The fourth-order valence-corrected chi connectivity index (χ4v) is 2.99. The summed E-state index contributed by atoms with van der Waals surface area (Å²) < 4.78 is 45.8. The number of benzene rings is 1. The van der Waals surface area contributed by atoms with Crippen molar-refractivity contribution in [2.24, 2.45) is 7.05 Å². The normalized spacial score (nSPS) is 18.2. The third-order valence-electron chi connectivity index (χ3n) is 4.48. The molecule has 5 nitrogen and oxygen atoms in total. The van der Waals surface area contributed by atoms with Gasteiger partial charge in [-0.05, 0) is 24.6 Å². The first-order valence-corrected chi connectivity index (χ1v) is 8.31. The number of alkyl halides is 3. The number of rotatable bonds is 3. The van der Waals surface area contributed by atoms with Gasteiger partial charge < -0.3 is 9.64 Å². The van der Waals surface area contributed by atoms with Crippen LogP contribution in [0, 0.1) is 6.92 Å². The van der Waals surface area contributed by atoms with Crippen molar-refractivity contribution in [1.82, 2.24) is 14.7 Å². The molecule has 0 radical (unpaired) electrons. The molecule has 1 aliphatic heterocycles. The molecule has 1 aliphatic rings. The Balaban J connectivity index is 1.68. The Hall–Kier alpha value is -2.35. The molecule has 2 aromatic rings. The first-order valence-electron chi connectivity index (χ1n) is 8.31. The summed E-state index contributed by atoms with van der Waals surface area (Å²) in [4.78, 5) is 14.2. The van der Waals surface area contributed by atoms with Crippen molar-refractivity contribution in [2.75, 3.05) is 19.7 Å². The van der Waals surface area contributed by atoms with Gasteiger partial charge in [0, 0.05) is 32.3 Å². The van der Waals surface area contributed by atoms with E-state index in [9.17, 15) is 18.0 Å². The van der Waals surface area contributed by atoms with Crippen LogP contribution in [0.3, 0.4) is 0 Å². The molecule has 0 unspecified atom stereocenters. The minimum atomic E-state index is -4.37. The lowest BCUT2D eigenvalue weighted by molar-refractivity contribution is -0.137. The van der Waals surface area contributed by atoms with E-state index in [0.717, 1.165) is 17.8 Å². The Labute approximate surface area is 149 Å². The van der Waals surface area contributed by atoms with E-state index in [1.807, 2.05) is 6.92 Å². The molecular weight excluding hydrogens is 347 g/mol. The van der Waals surface area contributed by atoms with Crippen molar-refractivity contribution in [1.29, 1.82) is 0 Å². The highest BCUT2D eigenvalue weighted by molar-refractivity contribution is 5.92. The van der Waals surface area contributed by atoms with Crippen molar-refractivity contribution >= 4 is 5.91 Å². The highest BCUT2D eigenvalue weighted by atomic mass is 19.4. The molecule has 1 aromatic heterocycles. The van der Waals surface area contributed by atoms with Gasteiger partial charge in [0.05, 0.1) is 18.3 Å². The molecule has 2 heterocycles. The Morgan fingerprint density at radius 2 is 2.12 bits per heavy atom. The number of hydrogen-bond donors (Lipinski definition) is 0. The van der Waals surface area contributed by atoms with Gasteiger partial charge in [-0.3, -0.25) is 9.48 Å². The highest BCUT2D eigenvalue weighted by Crippen LogP contribution is 2.30. The van der Waals surface area contributed by atoms with Crippen LogP contribution in [0.15, 0.2) is 30.3 Å². The van der Waals surface area contributed by atoms with Crippen LogP contribution in [0.25, 0.3) is 0 Å². The molecule has 0 aliphatic carbocycles. The number of aryl methyl sites for hydroxylation is 2. The Bertz CT molecular complexity index is 782. The number of aromatic nitrogens is 2. The number of halogens is 3. The maximum Gasteiger partial charge on any atom is 0.416 e. The number of amides is 1. The van der Waals surface area contributed by atoms with E-state index in [2.05, 4.69) is 5.10 Å². The molecule has 1 aromatic carbocycles. The summed E-state index contributed by atoms with van der Waals surface area (Å²) >= 11 is 0. The summed E-state index contributed by atoms with van der Waals surface area (Å²) in [7, 11) is 1.77. The van der Waals surface area contributed by atoms with Gasteiger partial charge in [0.25, 0.3) is 5.91 Å². The van der Waals surface area contributed by atoms with E-state index in [0.29, 0.717) is 37.4 Å². The van der Waals surface area contributed by atoms with Gasteiger partial charge in [-0.1, -0.05) is 18.2 Å². The summed E-state index contributed by atoms with van der Waals surface area (Å²) in [5.41, 5.74) is 1.10. The van der Waals surface area contributed by atoms with E-state index < -0.39 is 11.7 Å². The number of carbonyl (C=O) groups excluding carboxylic acids is 1. The third kappa shape index (κ3) is 4.07. The summed E-state index contributed by atoms with van der Waals surface area (Å²) in [6.07, 6.45) is -4.40. The lowest BCUT2D eigenvalue weighted by atomic mass is 10.0. The predicted molar refractivity (Wildman–Crippen MR) is 88.7 cm³/mol. The van der Waals surface area contributed by atoms with Gasteiger partial charge in [-0.25, -0.2) is 0 Å². The van der Waals surface area contributed by atoms with Crippen molar-refractivity contribution in [3.05, 3.63) is 52.8 Å². The monoisotopic (exact) mass is 367 g/mol. The SMILES string of the molecule is Cc1cc(C(=O)N2CCO[C@H](Cc3cccc(C(F)(F)F)c3)C2)nn1C. The first-order chi connectivity index (χ1) is 12.2. The van der Waals surface area contributed by atoms with Crippen LogP contribution >= 0.6 is 0 Å². The zero-order chi connectivity index (χ0) is 18.9. The summed E-state index contributed by atoms with van der Waals surface area (Å²) in [5.74, 6) is -0.189. The van der Waals surface area contributed by atoms with Crippen LogP contribution in [-0.4, -0.2) is 46.4 Å². The molecule has 8 heteroatoms. The van der Waals surface area contributed by atoms with Gasteiger partial charge in [-0.2, -0.15) is 18.3 Å². The fourth-order valence-electron chi connectivity index (χ4n) is 2.99. The molecule has 0 bridgehead atoms. The molecule has 140 valence electrons. The van der Waals surface area contributed by atoms with E-state index in [1.54, 1.807) is 28.8 Å². The topological polar surface area (TPSA) is 47.4 Å².